The molecule has 2 rings (SSSR count). The van der Waals surface area contributed by atoms with Crippen LogP contribution in [0.3, 0.4) is 0 Å². The first-order valence-electron chi connectivity index (χ1n) is 5.44. The van der Waals surface area contributed by atoms with Crippen LogP contribution in [-0.4, -0.2) is 17.3 Å². The highest BCUT2D eigenvalue weighted by molar-refractivity contribution is 6.34. The van der Waals surface area contributed by atoms with Crippen molar-refractivity contribution in [2.75, 3.05) is 0 Å². The zero-order valence-electron chi connectivity index (χ0n) is 9.53. The Bertz CT molecular complexity index is 524. The van der Waals surface area contributed by atoms with E-state index in [1.165, 1.54) is 0 Å². The summed E-state index contributed by atoms with van der Waals surface area (Å²) in [6, 6.07) is 9.20. The second-order valence-electron chi connectivity index (χ2n) is 4.11. The molecule has 0 atom stereocenters. The molecule has 0 aromatic heterocycles. The summed E-state index contributed by atoms with van der Waals surface area (Å²) in [5, 5.41) is 0. The van der Waals surface area contributed by atoms with Gasteiger partial charge < -0.3 is 0 Å². The fourth-order valence-electron chi connectivity index (χ4n) is 1.95. The van der Waals surface area contributed by atoms with Crippen molar-refractivity contribution < 1.29 is 14.4 Å². The Kier molecular flexibility index (Phi) is 3.00. The standard InChI is InChI=1S/C14H12O3/c1-9-11(15)8-13(17)14(9)12(16)7-10-5-3-2-4-6-10/h2-6H,7-8H2,1H3. The Balaban J connectivity index is 2.22. The van der Waals surface area contributed by atoms with Crippen LogP contribution in [-0.2, 0) is 20.8 Å². The predicted octanol–water partition coefficient (Wildman–Crippen LogP) is 1.66. The van der Waals surface area contributed by atoms with Crippen molar-refractivity contribution >= 4 is 17.3 Å². The van der Waals surface area contributed by atoms with Gasteiger partial charge in [-0.25, -0.2) is 0 Å². The van der Waals surface area contributed by atoms with Crippen LogP contribution < -0.4 is 0 Å². The third kappa shape index (κ3) is 2.23. The van der Waals surface area contributed by atoms with E-state index in [4.69, 9.17) is 0 Å². The summed E-state index contributed by atoms with van der Waals surface area (Å²) in [6.45, 7) is 1.55. The summed E-state index contributed by atoms with van der Waals surface area (Å²) in [7, 11) is 0. The molecule has 1 aliphatic carbocycles. The lowest BCUT2D eigenvalue weighted by Gasteiger charge is -2.01. The summed E-state index contributed by atoms with van der Waals surface area (Å²) in [4.78, 5) is 34.8. The Morgan fingerprint density at radius 2 is 1.76 bits per heavy atom. The molecular weight excluding hydrogens is 216 g/mol. The third-order valence-electron chi connectivity index (χ3n) is 2.88. The average molecular weight is 228 g/mol. The van der Waals surface area contributed by atoms with Gasteiger partial charge in [0, 0.05) is 12.0 Å². The van der Waals surface area contributed by atoms with Crippen LogP contribution in [0.5, 0.6) is 0 Å². The molecule has 0 unspecified atom stereocenters. The molecule has 0 radical (unpaired) electrons. The van der Waals surface area contributed by atoms with Crippen LogP contribution in [0.15, 0.2) is 41.5 Å². The normalized spacial score (nSPS) is 15.6. The molecule has 17 heavy (non-hydrogen) atoms. The minimum absolute atomic E-state index is 0.0962. The second-order valence-corrected chi connectivity index (χ2v) is 4.11. The molecule has 86 valence electrons. The number of ketones is 3. The Morgan fingerprint density at radius 3 is 2.29 bits per heavy atom. The van der Waals surface area contributed by atoms with Crippen LogP contribution in [0.2, 0.25) is 0 Å². The van der Waals surface area contributed by atoms with Crippen molar-refractivity contribution in [1.82, 2.24) is 0 Å². The number of carbonyl (C=O) groups is 3. The van der Waals surface area contributed by atoms with Gasteiger partial charge in [-0.1, -0.05) is 30.3 Å². The first-order chi connectivity index (χ1) is 8.09. The maximum Gasteiger partial charge on any atom is 0.174 e. The number of hydrogen-bond acceptors (Lipinski definition) is 3. The fraction of sp³-hybridized carbons (Fsp3) is 0.214. The molecule has 1 aromatic rings. The van der Waals surface area contributed by atoms with Crippen molar-refractivity contribution in [3.05, 3.63) is 47.0 Å². The summed E-state index contributed by atoms with van der Waals surface area (Å²) in [6.07, 6.45) is 0.0221. The van der Waals surface area contributed by atoms with Gasteiger partial charge in [-0.15, -0.1) is 0 Å². The Morgan fingerprint density at radius 1 is 1.12 bits per heavy atom. The van der Waals surface area contributed by atoms with E-state index < -0.39 is 0 Å². The lowest BCUT2D eigenvalue weighted by Crippen LogP contribution is -2.12. The Labute approximate surface area is 99.1 Å². The van der Waals surface area contributed by atoms with E-state index in [0.717, 1.165) is 5.56 Å². The molecule has 3 heteroatoms. The maximum absolute atomic E-state index is 12.0. The number of carbonyl (C=O) groups excluding carboxylic acids is 3. The highest BCUT2D eigenvalue weighted by atomic mass is 16.2. The fourth-order valence-corrected chi connectivity index (χ4v) is 1.95. The van der Waals surface area contributed by atoms with Gasteiger partial charge in [-0.05, 0) is 12.5 Å². The molecule has 1 aromatic carbocycles. The maximum atomic E-state index is 12.0. The first-order valence-corrected chi connectivity index (χ1v) is 5.44. The minimum atomic E-state index is -0.339. The van der Waals surface area contributed by atoms with Crippen LogP contribution in [0, 0.1) is 0 Å². The molecular formula is C14H12O3. The van der Waals surface area contributed by atoms with Crippen LogP contribution in [0.4, 0.5) is 0 Å². The van der Waals surface area contributed by atoms with E-state index in [0.29, 0.717) is 5.57 Å². The van der Waals surface area contributed by atoms with Gasteiger partial charge >= 0.3 is 0 Å². The van der Waals surface area contributed by atoms with Crippen LogP contribution in [0.25, 0.3) is 0 Å². The van der Waals surface area contributed by atoms with E-state index in [1.807, 2.05) is 30.3 Å². The molecule has 0 N–H and O–H groups in total. The molecule has 0 spiro atoms. The molecule has 1 aliphatic rings. The predicted molar refractivity (Wildman–Crippen MR) is 62.5 cm³/mol. The van der Waals surface area contributed by atoms with Gasteiger partial charge in [-0.3, -0.25) is 14.4 Å². The summed E-state index contributed by atoms with van der Waals surface area (Å²) in [5.41, 5.74) is 1.26. The SMILES string of the molecule is CC1=C(C(=O)Cc2ccccc2)C(=O)CC1=O. The summed E-state index contributed by atoms with van der Waals surface area (Å²) >= 11 is 0. The van der Waals surface area contributed by atoms with Crippen molar-refractivity contribution in [2.24, 2.45) is 0 Å². The first kappa shape index (κ1) is 11.5. The van der Waals surface area contributed by atoms with E-state index in [2.05, 4.69) is 0 Å². The van der Waals surface area contributed by atoms with Gasteiger partial charge in [0.2, 0.25) is 0 Å². The van der Waals surface area contributed by atoms with Gasteiger partial charge in [0.1, 0.15) is 0 Å². The number of hydrogen-bond donors (Lipinski definition) is 0. The molecule has 0 fully saturated rings. The van der Waals surface area contributed by atoms with Gasteiger partial charge in [0.05, 0.1) is 12.0 Å². The summed E-state index contributed by atoms with van der Waals surface area (Å²) in [5.74, 6) is -0.829. The number of rotatable bonds is 3. The highest BCUT2D eigenvalue weighted by Gasteiger charge is 2.31. The zero-order chi connectivity index (χ0) is 12.4. The topological polar surface area (TPSA) is 51.2 Å². The third-order valence-corrected chi connectivity index (χ3v) is 2.88. The number of Topliss-reactive ketones (excluding diaryl/α,β-unsaturated/α-hetero) is 3. The van der Waals surface area contributed by atoms with Crippen molar-refractivity contribution in [1.29, 1.82) is 0 Å². The highest BCUT2D eigenvalue weighted by Crippen LogP contribution is 2.21. The monoisotopic (exact) mass is 228 g/mol. The lowest BCUT2D eigenvalue weighted by atomic mass is 10.0. The molecule has 0 aliphatic heterocycles. The largest absolute Gasteiger partial charge is 0.294 e. The van der Waals surface area contributed by atoms with Crippen LogP contribution >= 0.6 is 0 Å². The Hall–Kier alpha value is -2.03. The lowest BCUT2D eigenvalue weighted by molar-refractivity contribution is -0.122. The second kappa shape index (κ2) is 4.45. The summed E-state index contributed by atoms with van der Waals surface area (Å²) < 4.78 is 0. The molecule has 0 saturated carbocycles. The zero-order valence-corrected chi connectivity index (χ0v) is 9.53. The van der Waals surface area contributed by atoms with E-state index >= 15 is 0 Å². The molecule has 0 amide bonds. The minimum Gasteiger partial charge on any atom is -0.294 e. The number of benzene rings is 1. The van der Waals surface area contributed by atoms with Crippen molar-refractivity contribution in [3.8, 4) is 0 Å². The average Bonchev–Trinajstić information content (AvgIpc) is 2.54. The van der Waals surface area contributed by atoms with E-state index in [9.17, 15) is 14.4 Å². The molecule has 0 bridgehead atoms. The smallest absolute Gasteiger partial charge is 0.174 e. The van der Waals surface area contributed by atoms with Crippen LogP contribution in [0.1, 0.15) is 18.9 Å². The van der Waals surface area contributed by atoms with Crippen molar-refractivity contribution in [2.45, 2.75) is 19.8 Å². The van der Waals surface area contributed by atoms with Gasteiger partial charge in [0.25, 0.3) is 0 Å². The molecule has 3 nitrogen and oxygen atoms in total. The van der Waals surface area contributed by atoms with E-state index in [-0.39, 0.29) is 35.8 Å². The molecule has 0 heterocycles. The van der Waals surface area contributed by atoms with E-state index in [1.54, 1.807) is 6.92 Å². The number of allylic oxidation sites excluding steroid dienone is 2. The quantitative estimate of drug-likeness (QED) is 0.584. The molecule has 0 saturated heterocycles. The van der Waals surface area contributed by atoms with Gasteiger partial charge in [0.15, 0.2) is 17.3 Å². The van der Waals surface area contributed by atoms with Crippen molar-refractivity contribution in [3.63, 3.8) is 0 Å². The van der Waals surface area contributed by atoms with Gasteiger partial charge in [-0.2, -0.15) is 0 Å².